The predicted octanol–water partition coefficient (Wildman–Crippen LogP) is 1.78. The number of rotatable bonds is 3. The third kappa shape index (κ3) is 3.38. The van der Waals surface area contributed by atoms with E-state index in [9.17, 15) is 5.11 Å². The van der Waals surface area contributed by atoms with Gasteiger partial charge in [-0.05, 0) is 55.6 Å². The molecule has 1 rings (SSSR count). The van der Waals surface area contributed by atoms with Crippen molar-refractivity contribution in [3.8, 4) is 5.75 Å². The Hall–Kier alpha value is -0.770. The number of aromatic hydroxyl groups is 1. The number of nitrogens with two attached hydrogens (primary N) is 2. The van der Waals surface area contributed by atoms with Gasteiger partial charge >= 0.3 is 0 Å². The van der Waals surface area contributed by atoms with Gasteiger partial charge in [0.25, 0.3) is 0 Å². The van der Waals surface area contributed by atoms with E-state index in [-0.39, 0.29) is 18.4 Å². The minimum atomic E-state index is -0.0272. The highest BCUT2D eigenvalue weighted by Gasteiger charge is 2.11. The van der Waals surface area contributed by atoms with Gasteiger partial charge in [0.05, 0.1) is 0 Å². The van der Waals surface area contributed by atoms with E-state index in [4.69, 9.17) is 11.5 Å². The van der Waals surface area contributed by atoms with Crippen molar-refractivity contribution in [2.24, 2.45) is 11.5 Å². The molecule has 0 fully saturated rings. The van der Waals surface area contributed by atoms with Gasteiger partial charge in [-0.15, -0.1) is 12.4 Å². The van der Waals surface area contributed by atoms with E-state index in [1.807, 2.05) is 13.8 Å². The lowest BCUT2D eigenvalue weighted by Gasteiger charge is -2.17. The van der Waals surface area contributed by atoms with E-state index in [0.717, 1.165) is 23.1 Å². The van der Waals surface area contributed by atoms with Crippen LogP contribution in [0.3, 0.4) is 0 Å². The molecule has 0 unspecified atom stereocenters. The fraction of sp³-hybridized carbons (Fsp3) is 0.455. The number of hydrogen-bond donors (Lipinski definition) is 3. The van der Waals surface area contributed by atoms with Crippen molar-refractivity contribution in [3.05, 3.63) is 28.8 Å². The van der Waals surface area contributed by atoms with Crippen LogP contribution >= 0.6 is 12.4 Å². The van der Waals surface area contributed by atoms with Gasteiger partial charge in [-0.1, -0.05) is 0 Å². The zero-order valence-corrected chi connectivity index (χ0v) is 9.97. The normalized spacial score (nSPS) is 12.0. The highest BCUT2D eigenvalue weighted by molar-refractivity contribution is 5.85. The summed E-state index contributed by atoms with van der Waals surface area (Å²) >= 11 is 0. The smallest absolute Gasteiger partial charge is 0.116 e. The van der Waals surface area contributed by atoms with E-state index in [1.165, 1.54) is 0 Å². The summed E-state index contributed by atoms with van der Waals surface area (Å²) in [4.78, 5) is 0. The second-order valence-electron chi connectivity index (χ2n) is 3.68. The first-order chi connectivity index (χ1) is 6.56. The van der Waals surface area contributed by atoms with Crippen LogP contribution in [0, 0.1) is 13.8 Å². The van der Waals surface area contributed by atoms with Crippen LogP contribution in [-0.4, -0.2) is 11.7 Å². The largest absolute Gasteiger partial charge is 0.508 e. The number of hydrogen-bond acceptors (Lipinski definition) is 3. The fourth-order valence-electron chi connectivity index (χ4n) is 1.86. The third-order valence-corrected chi connectivity index (χ3v) is 2.43. The first kappa shape index (κ1) is 14.2. The Bertz CT molecular complexity index is 305. The molecule has 5 N–H and O–H groups in total. The molecular weight excluding hydrogens is 212 g/mol. The molecule has 0 heterocycles. The van der Waals surface area contributed by atoms with Crippen LogP contribution in [-0.2, 0) is 0 Å². The van der Waals surface area contributed by atoms with Gasteiger partial charge in [0, 0.05) is 6.04 Å². The first-order valence-electron chi connectivity index (χ1n) is 4.82. The summed E-state index contributed by atoms with van der Waals surface area (Å²) in [6.07, 6.45) is 0.770. The van der Waals surface area contributed by atoms with Crippen molar-refractivity contribution in [3.63, 3.8) is 0 Å². The first-order valence-corrected chi connectivity index (χ1v) is 4.82. The fourth-order valence-corrected chi connectivity index (χ4v) is 1.86. The third-order valence-electron chi connectivity index (χ3n) is 2.43. The summed E-state index contributed by atoms with van der Waals surface area (Å²) < 4.78 is 0. The van der Waals surface area contributed by atoms with Crippen molar-refractivity contribution in [1.82, 2.24) is 0 Å². The Balaban J connectivity index is 0.00000196. The van der Waals surface area contributed by atoms with Gasteiger partial charge in [-0.2, -0.15) is 0 Å². The molecular formula is C11H19ClN2O. The molecule has 0 aliphatic rings. The number of phenolic OH excluding ortho intramolecular Hbond substituents is 1. The molecule has 86 valence electrons. The molecule has 0 spiro atoms. The average Bonchev–Trinajstić information content (AvgIpc) is 2.01. The lowest BCUT2D eigenvalue weighted by molar-refractivity contribution is 0.473. The van der Waals surface area contributed by atoms with E-state index in [0.29, 0.717) is 12.3 Å². The molecule has 0 radical (unpaired) electrons. The minimum Gasteiger partial charge on any atom is -0.508 e. The Kier molecular flexibility index (Phi) is 5.65. The topological polar surface area (TPSA) is 72.3 Å². The lowest BCUT2D eigenvalue weighted by atomic mass is 9.94. The van der Waals surface area contributed by atoms with Crippen molar-refractivity contribution in [1.29, 1.82) is 0 Å². The zero-order chi connectivity index (χ0) is 10.7. The summed E-state index contributed by atoms with van der Waals surface area (Å²) in [6.45, 7) is 4.50. The number of halogens is 1. The molecule has 0 bridgehead atoms. The van der Waals surface area contributed by atoms with E-state index in [1.54, 1.807) is 12.1 Å². The van der Waals surface area contributed by atoms with Gasteiger partial charge in [-0.25, -0.2) is 0 Å². The maximum Gasteiger partial charge on any atom is 0.116 e. The second-order valence-corrected chi connectivity index (χ2v) is 3.68. The second kappa shape index (κ2) is 5.95. The summed E-state index contributed by atoms with van der Waals surface area (Å²) in [5, 5.41) is 9.36. The van der Waals surface area contributed by atoms with Gasteiger partial charge < -0.3 is 16.6 Å². The van der Waals surface area contributed by atoms with Crippen molar-refractivity contribution in [2.75, 3.05) is 6.54 Å². The molecule has 4 heteroatoms. The Morgan fingerprint density at radius 2 is 1.73 bits per heavy atom. The van der Waals surface area contributed by atoms with Crippen LogP contribution in [0.15, 0.2) is 12.1 Å². The van der Waals surface area contributed by atoms with Crippen LogP contribution in [0.2, 0.25) is 0 Å². The lowest BCUT2D eigenvalue weighted by Crippen LogP contribution is -2.17. The summed E-state index contributed by atoms with van der Waals surface area (Å²) in [7, 11) is 0. The number of aryl methyl sites for hydroxylation is 2. The van der Waals surface area contributed by atoms with Crippen molar-refractivity contribution in [2.45, 2.75) is 26.3 Å². The summed E-state index contributed by atoms with van der Waals surface area (Å²) in [6, 6.07) is 3.44. The average molecular weight is 231 g/mol. The Morgan fingerprint density at radius 1 is 1.27 bits per heavy atom. The van der Waals surface area contributed by atoms with Gasteiger partial charge in [0.2, 0.25) is 0 Å². The van der Waals surface area contributed by atoms with Crippen LogP contribution in [0.4, 0.5) is 0 Å². The van der Waals surface area contributed by atoms with Gasteiger partial charge in [0.1, 0.15) is 5.75 Å². The van der Waals surface area contributed by atoms with Crippen LogP contribution in [0.1, 0.15) is 29.2 Å². The van der Waals surface area contributed by atoms with Crippen LogP contribution in [0.5, 0.6) is 5.75 Å². The van der Waals surface area contributed by atoms with E-state index >= 15 is 0 Å². The number of phenols is 1. The molecule has 0 aromatic heterocycles. The van der Waals surface area contributed by atoms with E-state index < -0.39 is 0 Å². The van der Waals surface area contributed by atoms with E-state index in [2.05, 4.69) is 0 Å². The Labute approximate surface area is 96.9 Å². The van der Waals surface area contributed by atoms with Crippen LogP contribution in [0.25, 0.3) is 0 Å². The monoisotopic (exact) mass is 230 g/mol. The van der Waals surface area contributed by atoms with Crippen molar-refractivity contribution < 1.29 is 5.11 Å². The maximum absolute atomic E-state index is 9.36. The SMILES string of the molecule is Cc1cc(O)cc(C)c1[C@@H](N)CCN.Cl. The molecule has 0 aliphatic carbocycles. The predicted molar refractivity (Wildman–Crippen MR) is 65.4 cm³/mol. The highest BCUT2D eigenvalue weighted by Crippen LogP contribution is 2.26. The maximum atomic E-state index is 9.36. The molecule has 0 saturated carbocycles. The van der Waals surface area contributed by atoms with Gasteiger partial charge in [-0.3, -0.25) is 0 Å². The molecule has 1 atom stereocenters. The zero-order valence-electron chi connectivity index (χ0n) is 9.16. The molecule has 3 nitrogen and oxygen atoms in total. The van der Waals surface area contributed by atoms with Crippen LogP contribution < -0.4 is 11.5 Å². The molecule has 0 amide bonds. The molecule has 0 saturated heterocycles. The molecule has 1 aromatic rings. The molecule has 1 aromatic carbocycles. The molecule has 0 aliphatic heterocycles. The number of benzene rings is 1. The van der Waals surface area contributed by atoms with Gasteiger partial charge in [0.15, 0.2) is 0 Å². The highest BCUT2D eigenvalue weighted by atomic mass is 35.5. The summed E-state index contributed by atoms with van der Waals surface area (Å²) in [5.41, 5.74) is 14.6. The Morgan fingerprint density at radius 3 is 2.13 bits per heavy atom. The standard InChI is InChI=1S/C11H18N2O.ClH/c1-7-5-9(14)6-8(2)11(7)10(13)3-4-12;/h5-6,10,14H,3-4,12-13H2,1-2H3;1H/t10-;/m0./s1. The molecule has 15 heavy (non-hydrogen) atoms. The minimum absolute atomic E-state index is 0. The quantitative estimate of drug-likeness (QED) is 0.741. The van der Waals surface area contributed by atoms with Crippen molar-refractivity contribution >= 4 is 12.4 Å². The summed E-state index contributed by atoms with van der Waals surface area (Å²) in [5.74, 6) is 0.295.